The number of amides is 1. The zero-order chi connectivity index (χ0) is 17.2. The fourth-order valence-corrected chi connectivity index (χ4v) is 3.41. The zero-order valence-electron chi connectivity index (χ0n) is 12.6. The molecule has 1 amide bonds. The van der Waals surface area contributed by atoms with E-state index in [1.807, 2.05) is 5.38 Å². The largest absolute Gasteiger partial charge is 0.433 e. The Balaban J connectivity index is 1.59. The lowest BCUT2D eigenvalue weighted by Crippen LogP contribution is -2.40. The van der Waals surface area contributed by atoms with Crippen LogP contribution in [0.3, 0.4) is 0 Å². The third-order valence-electron chi connectivity index (χ3n) is 3.86. The smallest absolute Gasteiger partial charge is 0.350 e. The summed E-state index contributed by atoms with van der Waals surface area (Å²) in [5.41, 5.74) is -0.897. The number of hydrogen-bond donors (Lipinski definition) is 1. The summed E-state index contributed by atoms with van der Waals surface area (Å²) in [6.07, 6.45) is 0.132. The Morgan fingerprint density at radius 2 is 2.21 bits per heavy atom. The van der Waals surface area contributed by atoms with Gasteiger partial charge in [0.2, 0.25) is 0 Å². The summed E-state index contributed by atoms with van der Waals surface area (Å²) in [5.74, 6) is -0.429. The van der Waals surface area contributed by atoms with Gasteiger partial charge in [-0.05, 0) is 25.0 Å². The molecule has 0 radical (unpaired) electrons. The number of alkyl halides is 3. The van der Waals surface area contributed by atoms with Crippen LogP contribution in [0.15, 0.2) is 29.9 Å². The molecule has 1 saturated heterocycles. The number of carbonyl (C=O) groups excluding carboxylic acids is 1. The summed E-state index contributed by atoms with van der Waals surface area (Å²) in [7, 11) is 0. The van der Waals surface area contributed by atoms with Gasteiger partial charge in [0.05, 0.1) is 5.56 Å². The monoisotopic (exact) mass is 356 g/mol. The van der Waals surface area contributed by atoms with Crippen LogP contribution in [0.2, 0.25) is 0 Å². The molecule has 2 aromatic heterocycles. The topological polar surface area (TPSA) is 58.1 Å². The highest BCUT2D eigenvalue weighted by atomic mass is 32.1. The highest BCUT2D eigenvalue weighted by Gasteiger charge is 2.32. The van der Waals surface area contributed by atoms with E-state index in [0.29, 0.717) is 6.54 Å². The lowest BCUT2D eigenvalue weighted by Gasteiger charge is -2.24. The van der Waals surface area contributed by atoms with Crippen molar-refractivity contribution in [2.24, 2.45) is 0 Å². The molecule has 0 aliphatic carbocycles. The van der Waals surface area contributed by atoms with Crippen LogP contribution in [0, 0.1) is 0 Å². The average molecular weight is 356 g/mol. The number of thiazole rings is 1. The summed E-state index contributed by atoms with van der Waals surface area (Å²) < 4.78 is 37.4. The van der Waals surface area contributed by atoms with Crippen LogP contribution < -0.4 is 10.2 Å². The number of pyridine rings is 1. The summed E-state index contributed by atoms with van der Waals surface area (Å²) in [5, 5.41) is 5.59. The fourth-order valence-electron chi connectivity index (χ4n) is 2.67. The molecule has 5 nitrogen and oxygen atoms in total. The Morgan fingerprint density at radius 1 is 1.38 bits per heavy atom. The highest BCUT2D eigenvalue weighted by molar-refractivity contribution is 7.13. The number of halogens is 3. The van der Waals surface area contributed by atoms with E-state index >= 15 is 0 Å². The maximum Gasteiger partial charge on any atom is 0.433 e. The van der Waals surface area contributed by atoms with Crippen LogP contribution in [-0.4, -0.2) is 35.0 Å². The van der Waals surface area contributed by atoms with Crippen LogP contribution in [-0.2, 0) is 6.18 Å². The molecule has 0 bridgehead atoms. The number of nitrogens with zero attached hydrogens (tertiary/aromatic N) is 3. The number of carbonyl (C=O) groups is 1. The van der Waals surface area contributed by atoms with Crippen LogP contribution >= 0.6 is 11.3 Å². The molecule has 1 aliphatic rings. The normalized spacial score (nSPS) is 18.0. The van der Waals surface area contributed by atoms with Crippen molar-refractivity contribution in [2.75, 3.05) is 18.0 Å². The molecule has 3 rings (SSSR count). The Hall–Kier alpha value is -2.16. The van der Waals surface area contributed by atoms with E-state index in [0.717, 1.165) is 42.8 Å². The van der Waals surface area contributed by atoms with Gasteiger partial charge in [-0.25, -0.2) is 4.98 Å². The predicted molar refractivity (Wildman–Crippen MR) is 84.1 cm³/mol. The molecule has 1 aliphatic heterocycles. The van der Waals surface area contributed by atoms with Crippen molar-refractivity contribution in [1.82, 2.24) is 15.3 Å². The first-order valence-corrected chi connectivity index (χ1v) is 8.30. The zero-order valence-corrected chi connectivity index (χ0v) is 13.4. The van der Waals surface area contributed by atoms with Crippen molar-refractivity contribution in [3.8, 4) is 0 Å². The van der Waals surface area contributed by atoms with Crippen LogP contribution in [0.1, 0.15) is 28.9 Å². The molecule has 1 N–H and O–H groups in total. The summed E-state index contributed by atoms with van der Waals surface area (Å²) in [6, 6.07) is 2.09. The van der Waals surface area contributed by atoms with Gasteiger partial charge in [-0.15, -0.1) is 11.3 Å². The van der Waals surface area contributed by atoms with Crippen LogP contribution in [0.5, 0.6) is 0 Å². The molecule has 3 heterocycles. The first kappa shape index (κ1) is 16.7. The van der Waals surface area contributed by atoms with E-state index in [1.54, 1.807) is 17.5 Å². The number of nitrogens with one attached hydrogen (secondary N) is 1. The molecule has 24 heavy (non-hydrogen) atoms. The van der Waals surface area contributed by atoms with Gasteiger partial charge in [0.1, 0.15) is 5.69 Å². The molecular formula is C15H15F3N4OS. The molecule has 128 valence electrons. The maximum absolute atomic E-state index is 12.5. The predicted octanol–water partition coefficient (Wildman–Crippen LogP) is 2.96. The van der Waals surface area contributed by atoms with E-state index in [4.69, 9.17) is 0 Å². The second kappa shape index (κ2) is 6.76. The highest BCUT2D eigenvalue weighted by Crippen LogP contribution is 2.28. The molecule has 1 atom stereocenters. The van der Waals surface area contributed by atoms with Crippen molar-refractivity contribution in [3.63, 3.8) is 0 Å². The van der Waals surface area contributed by atoms with Gasteiger partial charge in [0, 0.05) is 36.9 Å². The van der Waals surface area contributed by atoms with E-state index in [1.165, 1.54) is 0 Å². The van der Waals surface area contributed by atoms with E-state index < -0.39 is 17.8 Å². The minimum Gasteiger partial charge on any atom is -0.350 e. The summed E-state index contributed by atoms with van der Waals surface area (Å²) in [6.45, 7) is 1.30. The number of rotatable bonds is 4. The average Bonchev–Trinajstić information content (AvgIpc) is 3.22. The summed E-state index contributed by atoms with van der Waals surface area (Å²) in [4.78, 5) is 21.8. The van der Waals surface area contributed by atoms with Gasteiger partial charge < -0.3 is 10.2 Å². The number of aromatic nitrogens is 2. The Morgan fingerprint density at radius 3 is 2.83 bits per heavy atom. The molecule has 0 spiro atoms. The first-order chi connectivity index (χ1) is 11.4. The van der Waals surface area contributed by atoms with Gasteiger partial charge in [0.25, 0.3) is 5.91 Å². The number of anilines is 1. The Kier molecular flexibility index (Phi) is 4.70. The Labute approximate surface area is 140 Å². The van der Waals surface area contributed by atoms with Crippen molar-refractivity contribution in [2.45, 2.75) is 25.1 Å². The van der Waals surface area contributed by atoms with Crippen LogP contribution in [0.4, 0.5) is 18.3 Å². The quantitative estimate of drug-likeness (QED) is 0.915. The van der Waals surface area contributed by atoms with Crippen molar-refractivity contribution >= 4 is 22.4 Å². The van der Waals surface area contributed by atoms with E-state index in [9.17, 15) is 18.0 Å². The molecule has 2 aromatic rings. The standard InChI is InChI=1S/C15H15F3N4OS/c16-15(17,18)12-4-3-10(8-20-12)13(23)21-9-11-2-1-6-22(11)14-19-5-7-24-14/h3-5,7-8,11H,1-2,6,9H2,(H,21,23). The first-order valence-electron chi connectivity index (χ1n) is 7.43. The van der Waals surface area contributed by atoms with Gasteiger partial charge in [0.15, 0.2) is 5.13 Å². The summed E-state index contributed by atoms with van der Waals surface area (Å²) >= 11 is 1.54. The second-order valence-corrected chi connectivity index (χ2v) is 6.32. The van der Waals surface area contributed by atoms with Crippen molar-refractivity contribution in [1.29, 1.82) is 0 Å². The SMILES string of the molecule is O=C(NCC1CCCN1c1nccs1)c1ccc(C(F)(F)F)nc1. The van der Waals surface area contributed by atoms with E-state index in [-0.39, 0.29) is 11.6 Å². The number of hydrogen-bond acceptors (Lipinski definition) is 5. The molecule has 9 heteroatoms. The third-order valence-corrected chi connectivity index (χ3v) is 4.67. The molecule has 0 saturated carbocycles. The van der Waals surface area contributed by atoms with Crippen molar-refractivity contribution in [3.05, 3.63) is 41.2 Å². The van der Waals surface area contributed by atoms with Crippen molar-refractivity contribution < 1.29 is 18.0 Å². The molecular weight excluding hydrogens is 341 g/mol. The molecule has 1 unspecified atom stereocenters. The molecule has 1 fully saturated rings. The minimum atomic E-state index is -4.51. The van der Waals surface area contributed by atoms with Gasteiger partial charge in [-0.1, -0.05) is 0 Å². The Bertz CT molecular complexity index is 688. The van der Waals surface area contributed by atoms with Crippen LogP contribution in [0.25, 0.3) is 0 Å². The fraction of sp³-hybridized carbons (Fsp3) is 0.400. The lowest BCUT2D eigenvalue weighted by molar-refractivity contribution is -0.141. The third kappa shape index (κ3) is 3.66. The molecule has 0 aromatic carbocycles. The second-order valence-electron chi connectivity index (χ2n) is 5.44. The van der Waals surface area contributed by atoms with Gasteiger partial charge in [-0.3, -0.25) is 9.78 Å². The van der Waals surface area contributed by atoms with Gasteiger partial charge >= 0.3 is 6.18 Å². The van der Waals surface area contributed by atoms with Gasteiger partial charge in [-0.2, -0.15) is 13.2 Å². The maximum atomic E-state index is 12.5. The lowest BCUT2D eigenvalue weighted by atomic mass is 10.2. The van der Waals surface area contributed by atoms with E-state index in [2.05, 4.69) is 20.2 Å². The minimum absolute atomic E-state index is 0.113.